The number of carbonyl (C=O) groups is 4. The number of nitrogens with zero attached hydrogens (tertiary/aromatic N) is 4. The minimum atomic E-state index is -0.886. The summed E-state index contributed by atoms with van der Waals surface area (Å²) >= 11 is 7.17. The van der Waals surface area contributed by atoms with Crippen LogP contribution in [0.2, 0.25) is 5.02 Å². The summed E-state index contributed by atoms with van der Waals surface area (Å²) in [5, 5.41) is 8.91. The van der Waals surface area contributed by atoms with Gasteiger partial charge in [0.15, 0.2) is 5.01 Å². The number of hydrogen-bond acceptors (Lipinski definition) is 8. The molecular weight excluding hydrogens is 518 g/mol. The normalized spacial score (nSPS) is 21.5. The number of aromatic nitrogens is 2. The van der Waals surface area contributed by atoms with E-state index in [4.69, 9.17) is 11.6 Å². The Balaban J connectivity index is 1.45. The van der Waals surface area contributed by atoms with Gasteiger partial charge in [0.1, 0.15) is 5.82 Å². The molecule has 1 unspecified atom stereocenters. The van der Waals surface area contributed by atoms with Crippen LogP contribution in [0, 0.1) is 5.92 Å². The molecule has 37 heavy (non-hydrogen) atoms. The van der Waals surface area contributed by atoms with Crippen molar-refractivity contribution in [2.24, 2.45) is 5.92 Å². The maximum absolute atomic E-state index is 13.2. The Morgan fingerprint density at radius 3 is 2.59 bits per heavy atom. The summed E-state index contributed by atoms with van der Waals surface area (Å²) in [5.74, 6) is -2.25. The SMILES string of the molecule is CN1CCc2nc(C(=O)N[C@H]3CC(C(=O)N(C)C)CC[C@@H]3NC(=O)C(=O)Nc3ccc(Cl)cn3)sc2C1. The standard InChI is InChI=1S/C24H30ClN7O4S/c1-31(2)24(36)13-4-6-15(27-20(33)21(34)30-19-7-5-14(25)11-26-19)17(10-13)28-22(35)23-29-16-8-9-32(3)12-18(16)37-23/h5,7,11,13,15,17H,4,6,8-10,12H2,1-3H3,(H,27,33)(H,28,35)(H,26,30,34)/t13?,15-,17-/m0/s1. The van der Waals surface area contributed by atoms with Crippen molar-refractivity contribution in [3.8, 4) is 0 Å². The number of likely N-dealkylation sites (N-methyl/N-ethyl adjacent to an activating group) is 1. The van der Waals surface area contributed by atoms with Crippen LogP contribution in [0.4, 0.5) is 5.82 Å². The highest BCUT2D eigenvalue weighted by molar-refractivity contribution is 7.13. The van der Waals surface area contributed by atoms with Crippen LogP contribution in [0.5, 0.6) is 0 Å². The molecule has 1 aliphatic carbocycles. The highest BCUT2D eigenvalue weighted by atomic mass is 35.5. The van der Waals surface area contributed by atoms with Crippen LogP contribution >= 0.6 is 22.9 Å². The molecule has 1 aliphatic heterocycles. The molecule has 0 spiro atoms. The second-order valence-corrected chi connectivity index (χ2v) is 11.1. The monoisotopic (exact) mass is 547 g/mol. The van der Waals surface area contributed by atoms with Gasteiger partial charge in [0, 0.05) is 56.6 Å². The van der Waals surface area contributed by atoms with E-state index < -0.39 is 23.9 Å². The lowest BCUT2D eigenvalue weighted by Crippen LogP contribution is -2.57. The molecule has 2 aromatic heterocycles. The Morgan fingerprint density at radius 1 is 1.11 bits per heavy atom. The summed E-state index contributed by atoms with van der Waals surface area (Å²) in [6, 6.07) is 1.95. The first kappa shape index (κ1) is 27.0. The number of fused-ring (bicyclic) bond motifs is 1. The number of anilines is 1. The third-order valence-corrected chi connectivity index (χ3v) is 7.87. The van der Waals surface area contributed by atoms with E-state index in [1.54, 1.807) is 20.2 Å². The fourth-order valence-corrected chi connectivity index (χ4v) is 5.80. The predicted molar refractivity (Wildman–Crippen MR) is 139 cm³/mol. The van der Waals surface area contributed by atoms with Crippen molar-refractivity contribution in [3.63, 3.8) is 0 Å². The number of carbonyl (C=O) groups excluding carboxylic acids is 4. The topological polar surface area (TPSA) is 137 Å². The van der Waals surface area contributed by atoms with Gasteiger partial charge < -0.3 is 25.8 Å². The number of pyridine rings is 1. The third kappa shape index (κ3) is 6.62. The van der Waals surface area contributed by atoms with Gasteiger partial charge >= 0.3 is 11.8 Å². The molecule has 2 aliphatic rings. The van der Waals surface area contributed by atoms with Crippen LogP contribution < -0.4 is 16.0 Å². The Bertz CT molecular complexity index is 1190. The molecule has 2 aromatic rings. The Morgan fingerprint density at radius 2 is 1.89 bits per heavy atom. The molecule has 3 atom stereocenters. The van der Waals surface area contributed by atoms with E-state index >= 15 is 0 Å². The molecule has 0 aromatic carbocycles. The zero-order chi connectivity index (χ0) is 26.7. The number of nitrogens with one attached hydrogen (secondary N) is 3. The second kappa shape index (κ2) is 11.5. The molecule has 1 fully saturated rings. The third-order valence-electron chi connectivity index (χ3n) is 6.56. The van der Waals surface area contributed by atoms with E-state index in [2.05, 4.69) is 30.8 Å². The van der Waals surface area contributed by atoms with Gasteiger partial charge in [0.05, 0.1) is 16.8 Å². The fourth-order valence-electron chi connectivity index (χ4n) is 4.60. The zero-order valence-electron chi connectivity index (χ0n) is 20.9. The Labute approximate surface area is 224 Å². The van der Waals surface area contributed by atoms with E-state index in [9.17, 15) is 19.2 Å². The summed E-state index contributed by atoms with van der Waals surface area (Å²) in [6.07, 6.45) is 3.42. The van der Waals surface area contributed by atoms with Crippen molar-refractivity contribution < 1.29 is 19.2 Å². The lowest BCUT2D eigenvalue weighted by Gasteiger charge is -2.37. The first-order valence-corrected chi connectivity index (χ1v) is 13.2. The van der Waals surface area contributed by atoms with Gasteiger partial charge in [0.2, 0.25) is 5.91 Å². The number of amides is 4. The molecule has 0 saturated heterocycles. The van der Waals surface area contributed by atoms with Gasteiger partial charge in [-0.1, -0.05) is 11.6 Å². The number of halogens is 1. The van der Waals surface area contributed by atoms with Crippen LogP contribution in [0.3, 0.4) is 0 Å². The molecule has 0 bridgehead atoms. The van der Waals surface area contributed by atoms with Gasteiger partial charge in [0.25, 0.3) is 5.91 Å². The van der Waals surface area contributed by atoms with Crippen molar-refractivity contribution in [1.29, 1.82) is 0 Å². The van der Waals surface area contributed by atoms with E-state index in [1.165, 1.54) is 28.5 Å². The Kier molecular flexibility index (Phi) is 8.40. The number of thiazole rings is 1. The van der Waals surface area contributed by atoms with Crippen LogP contribution in [0.15, 0.2) is 18.3 Å². The zero-order valence-corrected chi connectivity index (χ0v) is 22.5. The van der Waals surface area contributed by atoms with E-state index in [1.807, 2.05) is 7.05 Å². The van der Waals surface area contributed by atoms with Crippen molar-refractivity contribution >= 4 is 52.4 Å². The van der Waals surface area contributed by atoms with Crippen LogP contribution in [0.1, 0.15) is 39.6 Å². The smallest absolute Gasteiger partial charge is 0.314 e. The van der Waals surface area contributed by atoms with E-state index in [0.29, 0.717) is 29.3 Å². The average molecular weight is 548 g/mol. The van der Waals surface area contributed by atoms with E-state index in [0.717, 1.165) is 30.1 Å². The van der Waals surface area contributed by atoms with Crippen molar-refractivity contribution in [1.82, 2.24) is 30.4 Å². The van der Waals surface area contributed by atoms with E-state index in [-0.39, 0.29) is 23.6 Å². The maximum atomic E-state index is 13.2. The minimum absolute atomic E-state index is 0.0386. The van der Waals surface area contributed by atoms with Gasteiger partial charge in [-0.3, -0.25) is 19.2 Å². The summed E-state index contributed by atoms with van der Waals surface area (Å²) in [5.41, 5.74) is 0.940. The maximum Gasteiger partial charge on any atom is 0.314 e. The molecule has 13 heteroatoms. The molecule has 0 radical (unpaired) electrons. The Hall–Kier alpha value is -3.09. The van der Waals surface area contributed by atoms with Crippen molar-refractivity contribution in [2.75, 3.05) is 33.0 Å². The fraction of sp³-hybridized carbons (Fsp3) is 0.500. The van der Waals surface area contributed by atoms with Crippen LogP contribution in [-0.2, 0) is 27.3 Å². The highest BCUT2D eigenvalue weighted by Crippen LogP contribution is 2.28. The molecule has 3 N–H and O–H groups in total. The molecule has 4 rings (SSSR count). The van der Waals surface area contributed by atoms with Crippen molar-refractivity contribution in [3.05, 3.63) is 38.9 Å². The van der Waals surface area contributed by atoms with Crippen molar-refractivity contribution in [2.45, 2.75) is 44.3 Å². The first-order chi connectivity index (χ1) is 17.6. The molecule has 1 saturated carbocycles. The molecule has 198 valence electrons. The number of hydrogen-bond donors (Lipinski definition) is 3. The van der Waals surface area contributed by atoms with Crippen LogP contribution in [-0.4, -0.2) is 83.2 Å². The van der Waals surface area contributed by atoms with Gasteiger partial charge in [-0.2, -0.15) is 0 Å². The lowest BCUT2D eigenvalue weighted by molar-refractivity contribution is -0.137. The van der Waals surface area contributed by atoms with Crippen LogP contribution in [0.25, 0.3) is 0 Å². The molecule has 11 nitrogen and oxygen atoms in total. The van der Waals surface area contributed by atoms with Gasteiger partial charge in [-0.25, -0.2) is 9.97 Å². The average Bonchev–Trinajstić information content (AvgIpc) is 3.29. The van der Waals surface area contributed by atoms with Gasteiger partial charge in [-0.15, -0.1) is 11.3 Å². The molecule has 3 heterocycles. The quantitative estimate of drug-likeness (QED) is 0.480. The predicted octanol–water partition coefficient (Wildman–Crippen LogP) is 1.29. The molecule has 4 amide bonds. The number of rotatable bonds is 5. The molecular formula is C24H30ClN7O4S. The lowest BCUT2D eigenvalue weighted by atomic mass is 9.81. The summed E-state index contributed by atoms with van der Waals surface area (Å²) in [4.78, 5) is 64.3. The second-order valence-electron chi connectivity index (χ2n) is 9.60. The first-order valence-electron chi connectivity index (χ1n) is 12.0. The summed E-state index contributed by atoms with van der Waals surface area (Å²) < 4.78 is 0. The summed E-state index contributed by atoms with van der Waals surface area (Å²) in [6.45, 7) is 1.63. The largest absolute Gasteiger partial charge is 0.349 e. The highest BCUT2D eigenvalue weighted by Gasteiger charge is 2.37. The van der Waals surface area contributed by atoms with Gasteiger partial charge in [-0.05, 0) is 38.4 Å². The minimum Gasteiger partial charge on any atom is -0.349 e. The summed E-state index contributed by atoms with van der Waals surface area (Å²) in [7, 11) is 5.41.